The maximum absolute atomic E-state index is 12.2. The van der Waals surface area contributed by atoms with Gasteiger partial charge >= 0.3 is 0 Å². The Morgan fingerprint density at radius 2 is 1.74 bits per heavy atom. The summed E-state index contributed by atoms with van der Waals surface area (Å²) < 4.78 is 24.7. The summed E-state index contributed by atoms with van der Waals surface area (Å²) >= 11 is 12.0. The Bertz CT molecular complexity index is 619. The number of rotatable bonds is 3. The second kappa shape index (κ2) is 5.31. The minimum absolute atomic E-state index is 0.0507. The maximum Gasteiger partial charge on any atom is 0.229 e. The number of Topliss-reactive ketones (excluding diaryl/α,β-unsaturated/α-hetero) is 1. The molecule has 0 aliphatic heterocycles. The van der Waals surface area contributed by atoms with Crippen LogP contribution in [0.2, 0.25) is 10.0 Å². The number of halogens is 2. The number of nitrogens with one attached hydrogen (secondary N) is 1. The van der Waals surface area contributed by atoms with Crippen LogP contribution in [0.25, 0.3) is 0 Å². The number of ketones is 1. The first-order chi connectivity index (χ1) is 8.42. The Morgan fingerprint density at radius 3 is 2.16 bits per heavy atom. The van der Waals surface area contributed by atoms with Crippen LogP contribution in [0.1, 0.15) is 31.1 Å². The highest BCUT2D eigenvalue weighted by molar-refractivity contribution is 7.92. The molecule has 19 heavy (non-hydrogen) atoms. The van der Waals surface area contributed by atoms with Gasteiger partial charge in [0.15, 0.2) is 5.78 Å². The highest BCUT2D eigenvalue weighted by Gasteiger charge is 2.26. The molecule has 0 bridgehead atoms. The second-order valence-corrected chi connectivity index (χ2v) is 7.83. The number of carbonyl (C=O) groups excluding carboxylic acids is 1. The molecular weight excluding hydrogens is 309 g/mol. The van der Waals surface area contributed by atoms with Crippen molar-refractivity contribution < 1.29 is 13.2 Å². The molecule has 0 aliphatic rings. The van der Waals surface area contributed by atoms with Gasteiger partial charge in [0.05, 0.1) is 17.0 Å². The van der Waals surface area contributed by atoms with Gasteiger partial charge in [0.2, 0.25) is 10.0 Å². The summed E-state index contributed by atoms with van der Waals surface area (Å²) in [6, 6.07) is 2.80. The Balaban J connectivity index is 3.41. The van der Waals surface area contributed by atoms with Crippen LogP contribution in [-0.2, 0) is 10.0 Å². The molecule has 0 heterocycles. The van der Waals surface area contributed by atoms with E-state index in [1.54, 1.807) is 20.8 Å². The van der Waals surface area contributed by atoms with Crippen LogP contribution in [0.3, 0.4) is 0 Å². The van der Waals surface area contributed by atoms with Crippen LogP contribution >= 0.6 is 23.2 Å². The molecule has 1 aromatic carbocycles. The summed E-state index contributed by atoms with van der Waals surface area (Å²) in [6.45, 7) is 5.24. The molecule has 1 rings (SSSR count). The van der Waals surface area contributed by atoms with E-state index in [-0.39, 0.29) is 27.1 Å². The van der Waals surface area contributed by atoms with Gasteiger partial charge in [-0.15, -0.1) is 0 Å². The fourth-order valence-electron chi connectivity index (χ4n) is 1.43. The largest absolute Gasteiger partial charge is 0.294 e. The van der Waals surface area contributed by atoms with Crippen LogP contribution < -0.4 is 4.72 Å². The summed E-state index contributed by atoms with van der Waals surface area (Å²) in [5.41, 5.74) is -0.339. The van der Waals surface area contributed by atoms with Gasteiger partial charge in [0, 0.05) is 16.0 Å². The number of sulfonamides is 1. The number of hydrogen-bond acceptors (Lipinski definition) is 3. The minimum Gasteiger partial charge on any atom is -0.294 e. The molecule has 106 valence electrons. The van der Waals surface area contributed by atoms with Crippen molar-refractivity contribution in [1.29, 1.82) is 0 Å². The Morgan fingerprint density at radius 1 is 1.21 bits per heavy atom. The fourth-order valence-corrected chi connectivity index (χ4v) is 2.51. The molecule has 0 radical (unpaired) electrons. The molecule has 0 amide bonds. The topological polar surface area (TPSA) is 63.2 Å². The average Bonchev–Trinajstić information content (AvgIpc) is 2.18. The lowest BCUT2D eigenvalue weighted by Gasteiger charge is -2.19. The Labute approximate surface area is 123 Å². The molecular formula is C12H15Cl2NO3S. The summed E-state index contributed by atoms with van der Waals surface area (Å²) in [6.07, 6.45) is 0.996. The molecule has 0 saturated heterocycles. The molecule has 7 heteroatoms. The van der Waals surface area contributed by atoms with Crippen molar-refractivity contribution in [2.24, 2.45) is 5.41 Å². The predicted octanol–water partition coefficient (Wildman–Crippen LogP) is 3.59. The Hall–Kier alpha value is -0.780. The van der Waals surface area contributed by atoms with Gasteiger partial charge in [-0.1, -0.05) is 44.0 Å². The lowest BCUT2D eigenvalue weighted by atomic mass is 9.86. The van der Waals surface area contributed by atoms with Crippen LogP contribution in [0.4, 0.5) is 5.69 Å². The van der Waals surface area contributed by atoms with Gasteiger partial charge in [-0.05, 0) is 12.1 Å². The minimum atomic E-state index is -3.50. The Kier molecular flexibility index (Phi) is 4.55. The van der Waals surface area contributed by atoms with Gasteiger partial charge in [-0.25, -0.2) is 8.42 Å². The molecule has 0 unspecified atom stereocenters. The lowest BCUT2D eigenvalue weighted by Crippen LogP contribution is -2.21. The number of anilines is 1. The standard InChI is InChI=1S/C12H15Cl2NO3S/c1-12(2,3)11(16)8-5-7(13)6-9(10(8)14)15-19(4,17)18/h5-6,15H,1-4H3. The molecule has 1 aromatic rings. The van der Waals surface area contributed by atoms with E-state index < -0.39 is 15.4 Å². The van der Waals surface area contributed by atoms with Crippen molar-refractivity contribution >= 4 is 44.7 Å². The lowest BCUT2D eigenvalue weighted by molar-refractivity contribution is 0.0858. The maximum atomic E-state index is 12.2. The van der Waals surface area contributed by atoms with Crippen molar-refractivity contribution in [3.63, 3.8) is 0 Å². The van der Waals surface area contributed by atoms with E-state index in [4.69, 9.17) is 23.2 Å². The van der Waals surface area contributed by atoms with E-state index in [2.05, 4.69) is 4.72 Å². The molecule has 0 atom stereocenters. The van der Waals surface area contributed by atoms with Crippen molar-refractivity contribution in [3.8, 4) is 0 Å². The molecule has 0 fully saturated rings. The SMILES string of the molecule is CC(C)(C)C(=O)c1cc(Cl)cc(NS(C)(=O)=O)c1Cl. The average molecular weight is 324 g/mol. The van der Waals surface area contributed by atoms with E-state index in [0.717, 1.165) is 6.26 Å². The zero-order valence-electron chi connectivity index (χ0n) is 11.0. The molecule has 0 spiro atoms. The summed E-state index contributed by atoms with van der Waals surface area (Å²) in [4.78, 5) is 12.2. The van der Waals surface area contributed by atoms with Crippen LogP contribution in [-0.4, -0.2) is 20.5 Å². The zero-order chi connectivity index (χ0) is 15.0. The first-order valence-corrected chi connectivity index (χ1v) is 8.08. The second-order valence-electron chi connectivity index (χ2n) is 5.27. The summed E-state index contributed by atoms with van der Waals surface area (Å²) in [7, 11) is -3.50. The predicted molar refractivity (Wildman–Crippen MR) is 78.7 cm³/mol. The quantitative estimate of drug-likeness (QED) is 0.864. The highest BCUT2D eigenvalue weighted by atomic mass is 35.5. The van der Waals surface area contributed by atoms with Gasteiger partial charge in [-0.3, -0.25) is 9.52 Å². The monoisotopic (exact) mass is 323 g/mol. The molecule has 0 saturated carbocycles. The van der Waals surface area contributed by atoms with Crippen molar-refractivity contribution in [2.75, 3.05) is 11.0 Å². The van der Waals surface area contributed by atoms with Gasteiger partial charge in [0.1, 0.15) is 0 Å². The van der Waals surface area contributed by atoms with Gasteiger partial charge in [0.25, 0.3) is 0 Å². The van der Waals surface area contributed by atoms with E-state index in [1.165, 1.54) is 12.1 Å². The summed E-state index contributed by atoms with van der Waals surface area (Å²) in [5.74, 6) is -0.212. The normalized spacial score (nSPS) is 12.3. The number of benzene rings is 1. The third-order valence-corrected chi connectivity index (χ3v) is 3.47. The van der Waals surface area contributed by atoms with Crippen molar-refractivity contribution in [1.82, 2.24) is 0 Å². The third kappa shape index (κ3) is 4.37. The van der Waals surface area contributed by atoms with E-state index >= 15 is 0 Å². The molecule has 0 aromatic heterocycles. The first kappa shape index (κ1) is 16.3. The van der Waals surface area contributed by atoms with Crippen LogP contribution in [0.15, 0.2) is 12.1 Å². The highest BCUT2D eigenvalue weighted by Crippen LogP contribution is 2.34. The third-order valence-electron chi connectivity index (χ3n) is 2.26. The van der Waals surface area contributed by atoms with Gasteiger partial charge in [-0.2, -0.15) is 0 Å². The van der Waals surface area contributed by atoms with E-state index in [0.29, 0.717) is 0 Å². The smallest absolute Gasteiger partial charge is 0.229 e. The molecule has 1 N–H and O–H groups in total. The number of hydrogen-bond donors (Lipinski definition) is 1. The summed E-state index contributed by atoms with van der Waals surface area (Å²) in [5, 5.41) is 0.290. The van der Waals surface area contributed by atoms with Crippen LogP contribution in [0, 0.1) is 5.41 Å². The molecule has 0 aliphatic carbocycles. The first-order valence-electron chi connectivity index (χ1n) is 5.43. The van der Waals surface area contributed by atoms with Crippen molar-refractivity contribution in [3.05, 3.63) is 27.7 Å². The van der Waals surface area contributed by atoms with Gasteiger partial charge < -0.3 is 0 Å². The van der Waals surface area contributed by atoms with E-state index in [1.807, 2.05) is 0 Å². The van der Waals surface area contributed by atoms with Crippen molar-refractivity contribution in [2.45, 2.75) is 20.8 Å². The van der Waals surface area contributed by atoms with Crippen LogP contribution in [0.5, 0.6) is 0 Å². The number of carbonyl (C=O) groups is 1. The molecule has 4 nitrogen and oxygen atoms in total. The fraction of sp³-hybridized carbons (Fsp3) is 0.417. The van der Waals surface area contributed by atoms with E-state index in [9.17, 15) is 13.2 Å². The zero-order valence-corrected chi connectivity index (χ0v) is 13.4.